The molecule has 0 radical (unpaired) electrons. The molecule has 0 bridgehead atoms. The van der Waals surface area contributed by atoms with Crippen molar-refractivity contribution in [3.05, 3.63) is 56.5 Å². The van der Waals surface area contributed by atoms with Crippen LogP contribution in [0.3, 0.4) is 0 Å². The zero-order chi connectivity index (χ0) is 18.4. The highest BCUT2D eigenvalue weighted by atomic mass is 79.9. The van der Waals surface area contributed by atoms with Gasteiger partial charge >= 0.3 is 0 Å². The summed E-state index contributed by atoms with van der Waals surface area (Å²) >= 11 is 9.68. The van der Waals surface area contributed by atoms with Gasteiger partial charge in [0.2, 0.25) is 0 Å². The van der Waals surface area contributed by atoms with Crippen LogP contribution in [-0.4, -0.2) is 13.0 Å². The van der Waals surface area contributed by atoms with Gasteiger partial charge in [0.05, 0.1) is 11.6 Å². The summed E-state index contributed by atoms with van der Waals surface area (Å²) < 4.78 is 6.42. The predicted molar refractivity (Wildman–Crippen MR) is 107 cm³/mol. The molecule has 5 heteroatoms. The van der Waals surface area contributed by atoms with Gasteiger partial charge in [-0.2, -0.15) is 0 Å². The number of rotatable bonds is 2. The lowest BCUT2D eigenvalue weighted by molar-refractivity contribution is -0.110. The topological polar surface area (TPSA) is 38.3 Å². The Hall–Kier alpha value is -1.78. The van der Waals surface area contributed by atoms with Crippen LogP contribution in [0.4, 0.5) is 5.69 Å². The number of anilines is 1. The largest absolute Gasteiger partial charge is 0.495 e. The molecule has 0 aromatic heterocycles. The van der Waals surface area contributed by atoms with Gasteiger partial charge in [-0.15, -0.1) is 0 Å². The highest BCUT2D eigenvalue weighted by Crippen LogP contribution is 2.40. The van der Waals surface area contributed by atoms with E-state index >= 15 is 0 Å². The Morgan fingerprint density at radius 3 is 2.56 bits per heavy atom. The van der Waals surface area contributed by atoms with E-state index in [1.807, 2.05) is 24.3 Å². The molecule has 0 saturated heterocycles. The van der Waals surface area contributed by atoms with Crippen LogP contribution in [0.5, 0.6) is 5.75 Å². The number of carbonyl (C=O) groups excluding carboxylic acids is 1. The van der Waals surface area contributed by atoms with E-state index < -0.39 is 0 Å². The molecule has 0 unspecified atom stereocenters. The van der Waals surface area contributed by atoms with Crippen LogP contribution in [0, 0.1) is 0 Å². The third-order valence-electron chi connectivity index (χ3n) is 4.15. The number of halogens is 2. The summed E-state index contributed by atoms with van der Waals surface area (Å²) in [6, 6.07) is 9.42. The van der Waals surface area contributed by atoms with Crippen molar-refractivity contribution >= 4 is 50.8 Å². The fourth-order valence-corrected chi connectivity index (χ4v) is 3.74. The summed E-state index contributed by atoms with van der Waals surface area (Å²) in [6.07, 6.45) is 1.89. The molecule has 2 aromatic carbocycles. The van der Waals surface area contributed by atoms with Crippen LogP contribution in [0.25, 0.3) is 11.6 Å². The normalized spacial score (nSPS) is 15.3. The first-order valence-corrected chi connectivity index (χ1v) is 9.09. The second kappa shape index (κ2) is 6.50. The number of fused-ring (bicyclic) bond motifs is 1. The van der Waals surface area contributed by atoms with Crippen molar-refractivity contribution in [2.45, 2.75) is 26.2 Å². The van der Waals surface area contributed by atoms with Gasteiger partial charge in [-0.25, -0.2) is 0 Å². The Labute approximate surface area is 161 Å². The number of carbonyl (C=O) groups is 1. The molecule has 1 aliphatic rings. The number of hydrogen-bond acceptors (Lipinski definition) is 2. The summed E-state index contributed by atoms with van der Waals surface area (Å²) in [5.41, 5.74) is 4.11. The van der Waals surface area contributed by atoms with Crippen LogP contribution in [-0.2, 0) is 10.2 Å². The van der Waals surface area contributed by atoms with Crippen LogP contribution in [0.1, 0.15) is 37.5 Å². The van der Waals surface area contributed by atoms with E-state index in [1.54, 1.807) is 13.2 Å². The Morgan fingerprint density at radius 1 is 1.20 bits per heavy atom. The maximum Gasteiger partial charge on any atom is 0.256 e. The van der Waals surface area contributed by atoms with Crippen LogP contribution >= 0.6 is 27.5 Å². The average molecular weight is 421 g/mol. The molecule has 0 aliphatic carbocycles. The van der Waals surface area contributed by atoms with E-state index in [1.165, 1.54) is 0 Å². The number of methoxy groups -OCH3 is 1. The summed E-state index contributed by atoms with van der Waals surface area (Å²) in [7, 11) is 1.66. The first-order chi connectivity index (χ1) is 11.7. The maximum atomic E-state index is 12.4. The highest BCUT2D eigenvalue weighted by Gasteiger charge is 2.25. The number of ether oxygens (including phenoxy) is 1. The van der Waals surface area contributed by atoms with Gasteiger partial charge in [0.25, 0.3) is 5.91 Å². The fourth-order valence-electron chi connectivity index (χ4n) is 2.93. The molecule has 3 rings (SSSR count). The molecule has 0 spiro atoms. The number of amides is 1. The van der Waals surface area contributed by atoms with Gasteiger partial charge in [0, 0.05) is 27.4 Å². The molecule has 0 atom stereocenters. The van der Waals surface area contributed by atoms with Gasteiger partial charge in [-0.05, 0) is 63.3 Å². The van der Waals surface area contributed by atoms with E-state index in [4.69, 9.17) is 16.3 Å². The lowest BCUT2D eigenvalue weighted by Gasteiger charge is -2.23. The minimum absolute atomic E-state index is 0.0957. The minimum Gasteiger partial charge on any atom is -0.495 e. The van der Waals surface area contributed by atoms with E-state index in [0.717, 1.165) is 32.6 Å². The molecule has 1 heterocycles. The van der Waals surface area contributed by atoms with E-state index in [0.29, 0.717) is 10.6 Å². The van der Waals surface area contributed by atoms with Gasteiger partial charge < -0.3 is 10.1 Å². The standard InChI is InChI=1S/C20H19BrClNO2/c1-20(2,3)15-8-11(9-16(21)18(15)25-4)7-14-13-10-12(22)5-6-17(13)23-19(14)24/h5-10H,1-4H3,(H,23,24)/b14-7+. The van der Waals surface area contributed by atoms with Crippen molar-refractivity contribution in [1.82, 2.24) is 0 Å². The highest BCUT2D eigenvalue weighted by molar-refractivity contribution is 9.10. The molecule has 3 nitrogen and oxygen atoms in total. The Morgan fingerprint density at radius 2 is 1.92 bits per heavy atom. The summed E-state index contributed by atoms with van der Waals surface area (Å²) in [6.45, 7) is 6.39. The third kappa shape index (κ3) is 3.46. The van der Waals surface area contributed by atoms with Crippen LogP contribution in [0.2, 0.25) is 5.02 Å². The smallest absolute Gasteiger partial charge is 0.256 e. The summed E-state index contributed by atoms with van der Waals surface area (Å²) in [5, 5.41) is 3.48. The molecular weight excluding hydrogens is 402 g/mol. The quantitative estimate of drug-likeness (QED) is 0.614. The molecule has 2 aromatic rings. The van der Waals surface area contributed by atoms with E-state index in [2.05, 4.69) is 48.1 Å². The summed E-state index contributed by atoms with van der Waals surface area (Å²) in [5.74, 6) is 0.690. The molecule has 130 valence electrons. The van der Waals surface area contributed by atoms with Crippen molar-refractivity contribution in [1.29, 1.82) is 0 Å². The molecule has 1 amide bonds. The molecule has 0 saturated carbocycles. The van der Waals surface area contributed by atoms with Gasteiger partial charge in [-0.1, -0.05) is 32.4 Å². The van der Waals surface area contributed by atoms with Crippen molar-refractivity contribution in [2.75, 3.05) is 12.4 Å². The Balaban J connectivity index is 2.16. The van der Waals surface area contributed by atoms with Crippen molar-refractivity contribution in [2.24, 2.45) is 0 Å². The monoisotopic (exact) mass is 419 g/mol. The Bertz CT molecular complexity index is 897. The first-order valence-electron chi connectivity index (χ1n) is 7.91. The van der Waals surface area contributed by atoms with E-state index in [9.17, 15) is 4.79 Å². The number of hydrogen-bond donors (Lipinski definition) is 1. The SMILES string of the molecule is COc1c(Br)cc(/C=C2/C(=O)Nc3ccc(Cl)cc32)cc1C(C)(C)C. The van der Waals surface area contributed by atoms with Gasteiger partial charge in [-0.3, -0.25) is 4.79 Å². The van der Waals surface area contributed by atoms with Crippen molar-refractivity contribution in [3.63, 3.8) is 0 Å². The summed E-state index contributed by atoms with van der Waals surface area (Å²) in [4.78, 5) is 12.4. The van der Waals surface area contributed by atoms with Gasteiger partial charge in [0.1, 0.15) is 5.75 Å². The van der Waals surface area contributed by atoms with Crippen molar-refractivity contribution < 1.29 is 9.53 Å². The number of benzene rings is 2. The second-order valence-corrected chi connectivity index (χ2v) is 8.33. The number of nitrogens with one attached hydrogen (secondary N) is 1. The zero-order valence-electron chi connectivity index (χ0n) is 14.5. The third-order valence-corrected chi connectivity index (χ3v) is 4.98. The molecule has 1 N–H and O–H groups in total. The second-order valence-electron chi connectivity index (χ2n) is 7.04. The lowest BCUT2D eigenvalue weighted by atomic mass is 9.85. The van der Waals surface area contributed by atoms with E-state index in [-0.39, 0.29) is 11.3 Å². The van der Waals surface area contributed by atoms with Gasteiger partial charge in [0.15, 0.2) is 0 Å². The lowest BCUT2D eigenvalue weighted by Crippen LogP contribution is -2.13. The molecule has 1 aliphatic heterocycles. The fraction of sp³-hybridized carbons (Fsp3) is 0.250. The predicted octanol–water partition coefficient (Wildman–Crippen LogP) is 5.90. The zero-order valence-corrected chi connectivity index (χ0v) is 16.9. The van der Waals surface area contributed by atoms with Crippen LogP contribution in [0.15, 0.2) is 34.8 Å². The maximum absolute atomic E-state index is 12.4. The first kappa shape index (κ1) is 18.0. The Kier molecular flexibility index (Phi) is 4.69. The van der Waals surface area contributed by atoms with Crippen molar-refractivity contribution in [3.8, 4) is 5.75 Å². The minimum atomic E-state index is -0.124. The molecule has 25 heavy (non-hydrogen) atoms. The molecule has 0 fully saturated rings. The average Bonchev–Trinajstić information content (AvgIpc) is 2.81. The molecular formula is C20H19BrClNO2. The van der Waals surface area contributed by atoms with Crippen LogP contribution < -0.4 is 10.1 Å².